The van der Waals surface area contributed by atoms with Gasteiger partial charge in [-0.2, -0.15) is 10.2 Å². The van der Waals surface area contributed by atoms with Gasteiger partial charge in [-0.05, 0) is 77.1 Å². The van der Waals surface area contributed by atoms with Gasteiger partial charge in [0.05, 0.1) is 39.3 Å². The minimum absolute atomic E-state index is 0.226. The molecule has 0 spiro atoms. The van der Waals surface area contributed by atoms with Crippen LogP contribution in [0.5, 0.6) is 5.75 Å². The highest BCUT2D eigenvalue weighted by molar-refractivity contribution is 7.80. The molecule has 0 amide bonds. The molecule has 5 rings (SSSR count). The molecule has 0 unspecified atom stereocenters. The maximum Gasteiger partial charge on any atom is 0.573 e. The predicted molar refractivity (Wildman–Crippen MR) is 149 cm³/mol. The van der Waals surface area contributed by atoms with E-state index in [-0.39, 0.29) is 10.9 Å². The van der Waals surface area contributed by atoms with Crippen molar-refractivity contribution in [3.8, 4) is 11.4 Å². The summed E-state index contributed by atoms with van der Waals surface area (Å²) in [4.78, 5) is 0. The maximum atomic E-state index is 12.4. The summed E-state index contributed by atoms with van der Waals surface area (Å²) in [6.45, 7) is 0. The monoisotopic (exact) mass is 573 g/mol. The lowest BCUT2D eigenvalue weighted by molar-refractivity contribution is -0.274. The number of fused-ring (bicyclic) bond motifs is 3. The van der Waals surface area contributed by atoms with Gasteiger partial charge < -0.3 is 10.1 Å². The smallest absolute Gasteiger partial charge is 0.406 e. The number of hydrazone groups is 1. The van der Waals surface area contributed by atoms with E-state index < -0.39 is 6.36 Å². The predicted octanol–water partition coefficient (Wildman–Crippen LogP) is 7.70. The summed E-state index contributed by atoms with van der Waals surface area (Å²) in [5.41, 5.74) is 5.47. The summed E-state index contributed by atoms with van der Waals surface area (Å²) in [5.74, 6) is -0.295. The van der Waals surface area contributed by atoms with Crippen molar-refractivity contribution < 1.29 is 17.9 Å². The Bertz CT molecular complexity index is 1670. The summed E-state index contributed by atoms with van der Waals surface area (Å²) in [5, 5.41) is 15.4. The van der Waals surface area contributed by atoms with E-state index in [2.05, 4.69) is 25.7 Å². The molecule has 2 N–H and O–H groups in total. The summed E-state index contributed by atoms with van der Waals surface area (Å²) < 4.78 is 42.9. The van der Waals surface area contributed by atoms with E-state index in [0.29, 0.717) is 21.4 Å². The molecule has 0 aliphatic rings. The molecular formula is C26H16Cl2F3N5OS. The van der Waals surface area contributed by atoms with Crippen LogP contribution in [0.3, 0.4) is 0 Å². The number of hydrogen-bond acceptors (Lipinski definition) is 4. The van der Waals surface area contributed by atoms with Gasteiger partial charge in [0, 0.05) is 5.39 Å². The van der Waals surface area contributed by atoms with Crippen LogP contribution in [0.15, 0.2) is 84.1 Å². The Balaban J connectivity index is 1.32. The molecule has 192 valence electrons. The molecule has 0 atom stereocenters. The first-order valence-corrected chi connectivity index (χ1v) is 12.2. The molecule has 0 radical (unpaired) electrons. The Hall–Kier alpha value is -3.86. The van der Waals surface area contributed by atoms with E-state index in [1.807, 2.05) is 30.3 Å². The van der Waals surface area contributed by atoms with Crippen molar-refractivity contribution in [3.63, 3.8) is 0 Å². The van der Waals surface area contributed by atoms with Gasteiger partial charge in [0.15, 0.2) is 5.11 Å². The molecule has 0 saturated heterocycles. The molecule has 0 bridgehead atoms. The van der Waals surface area contributed by atoms with Crippen molar-refractivity contribution in [2.75, 3.05) is 5.32 Å². The number of rotatable bonds is 5. The third kappa shape index (κ3) is 5.67. The van der Waals surface area contributed by atoms with Crippen molar-refractivity contribution >= 4 is 74.1 Å². The normalized spacial score (nSPS) is 11.8. The van der Waals surface area contributed by atoms with Crippen molar-refractivity contribution in [1.82, 2.24) is 15.2 Å². The van der Waals surface area contributed by atoms with Gasteiger partial charge in [-0.3, -0.25) is 5.43 Å². The number of nitrogens with zero attached hydrogens (tertiary/aromatic N) is 3. The van der Waals surface area contributed by atoms with E-state index in [9.17, 15) is 13.2 Å². The number of para-hydroxylation sites is 1. The Kier molecular flexibility index (Phi) is 7.11. The molecule has 6 nitrogen and oxygen atoms in total. The van der Waals surface area contributed by atoms with Gasteiger partial charge in [0.1, 0.15) is 5.75 Å². The first-order chi connectivity index (χ1) is 18.2. The first-order valence-electron chi connectivity index (χ1n) is 11.0. The number of alkyl halides is 3. The van der Waals surface area contributed by atoms with E-state index in [1.165, 1.54) is 24.3 Å². The van der Waals surface area contributed by atoms with Crippen molar-refractivity contribution in [1.29, 1.82) is 0 Å². The number of hydrogen-bond donors (Lipinski definition) is 2. The third-order valence-electron chi connectivity index (χ3n) is 5.49. The molecule has 0 aliphatic heterocycles. The Morgan fingerprint density at radius 1 is 0.974 bits per heavy atom. The SMILES string of the molecule is FC(F)(F)Oc1ccc(-n2ncc3c4ccc(C=NNC(=S)Nc5c(Cl)cccc5Cl)cc4ccc32)cc1. The van der Waals surface area contributed by atoms with Gasteiger partial charge in [-0.25, -0.2) is 4.68 Å². The number of thiocarbonyl (C=S) groups is 1. The molecule has 0 fully saturated rings. The van der Waals surface area contributed by atoms with Crippen LogP contribution in [0.25, 0.3) is 27.4 Å². The topological polar surface area (TPSA) is 63.5 Å². The number of nitrogens with one attached hydrogen (secondary N) is 2. The minimum Gasteiger partial charge on any atom is -0.406 e. The fourth-order valence-corrected chi connectivity index (χ4v) is 4.50. The fraction of sp³-hybridized carbons (Fsp3) is 0.0385. The zero-order chi connectivity index (χ0) is 26.9. The summed E-state index contributed by atoms with van der Waals surface area (Å²) in [6.07, 6.45) is -1.40. The van der Waals surface area contributed by atoms with Crippen LogP contribution in [0, 0.1) is 0 Å². The molecule has 4 aromatic carbocycles. The summed E-state index contributed by atoms with van der Waals surface area (Å²) >= 11 is 17.5. The van der Waals surface area contributed by atoms with Crippen molar-refractivity contribution in [2.45, 2.75) is 6.36 Å². The molecule has 5 aromatic rings. The van der Waals surface area contributed by atoms with E-state index in [4.69, 9.17) is 35.4 Å². The number of halogens is 5. The van der Waals surface area contributed by atoms with Crippen LogP contribution < -0.4 is 15.5 Å². The van der Waals surface area contributed by atoms with Crippen LogP contribution in [-0.2, 0) is 0 Å². The highest BCUT2D eigenvalue weighted by Crippen LogP contribution is 2.30. The van der Waals surface area contributed by atoms with Gasteiger partial charge in [-0.15, -0.1) is 13.2 Å². The number of ether oxygens (including phenoxy) is 1. The lowest BCUT2D eigenvalue weighted by Crippen LogP contribution is -2.24. The quantitative estimate of drug-likeness (QED) is 0.128. The summed E-state index contributed by atoms with van der Waals surface area (Å²) in [6, 6.07) is 20.3. The molecule has 38 heavy (non-hydrogen) atoms. The van der Waals surface area contributed by atoms with Gasteiger partial charge >= 0.3 is 6.36 Å². The molecule has 0 saturated carbocycles. The first kappa shape index (κ1) is 25.8. The van der Waals surface area contributed by atoms with Gasteiger partial charge in [-0.1, -0.05) is 47.5 Å². The number of aromatic nitrogens is 2. The van der Waals surface area contributed by atoms with E-state index >= 15 is 0 Å². The zero-order valence-electron chi connectivity index (χ0n) is 19.1. The largest absolute Gasteiger partial charge is 0.573 e. The number of benzene rings is 4. The Morgan fingerprint density at radius 2 is 1.71 bits per heavy atom. The molecule has 1 heterocycles. The van der Waals surface area contributed by atoms with Crippen LogP contribution in [0.2, 0.25) is 10.0 Å². The lowest BCUT2D eigenvalue weighted by atomic mass is 10.0. The molecule has 12 heteroatoms. The second-order valence-electron chi connectivity index (χ2n) is 8.00. The molecule has 0 aliphatic carbocycles. The average Bonchev–Trinajstić information content (AvgIpc) is 3.30. The molecular weight excluding hydrogens is 558 g/mol. The zero-order valence-corrected chi connectivity index (χ0v) is 21.5. The number of anilines is 1. The lowest BCUT2D eigenvalue weighted by Gasteiger charge is -2.10. The van der Waals surface area contributed by atoms with Gasteiger partial charge in [0.2, 0.25) is 0 Å². The van der Waals surface area contributed by atoms with Crippen LogP contribution in [-0.4, -0.2) is 27.5 Å². The Morgan fingerprint density at radius 3 is 2.42 bits per heavy atom. The second kappa shape index (κ2) is 10.5. The Labute approximate surface area is 229 Å². The summed E-state index contributed by atoms with van der Waals surface area (Å²) in [7, 11) is 0. The van der Waals surface area contributed by atoms with Crippen LogP contribution in [0.4, 0.5) is 18.9 Å². The fourth-order valence-electron chi connectivity index (χ4n) is 3.86. The standard InChI is InChI=1S/C26H16Cl2F3N5OS/c27-21-2-1-3-22(28)24(21)34-25(38)35-32-13-15-4-10-19-16(12-15)5-11-23-20(19)14-33-36(23)17-6-8-18(9-7-17)37-26(29,30)31/h1-14H,(H2,34,35,38). The van der Waals surface area contributed by atoms with E-state index in [0.717, 1.165) is 27.2 Å². The maximum absolute atomic E-state index is 12.4. The van der Waals surface area contributed by atoms with Gasteiger partial charge in [0.25, 0.3) is 0 Å². The minimum atomic E-state index is -4.74. The van der Waals surface area contributed by atoms with Crippen molar-refractivity contribution in [2.24, 2.45) is 5.10 Å². The van der Waals surface area contributed by atoms with Crippen molar-refractivity contribution in [3.05, 3.63) is 94.6 Å². The average molecular weight is 574 g/mol. The molecule has 1 aromatic heterocycles. The van der Waals surface area contributed by atoms with E-state index in [1.54, 1.807) is 35.3 Å². The second-order valence-corrected chi connectivity index (χ2v) is 9.22. The third-order valence-corrected chi connectivity index (χ3v) is 6.31. The highest BCUT2D eigenvalue weighted by atomic mass is 35.5. The highest BCUT2D eigenvalue weighted by Gasteiger charge is 2.31. The van der Waals surface area contributed by atoms with Crippen LogP contribution in [0.1, 0.15) is 5.56 Å². The van der Waals surface area contributed by atoms with Crippen LogP contribution >= 0.6 is 35.4 Å².